The summed E-state index contributed by atoms with van der Waals surface area (Å²) in [6.45, 7) is 5.59. The van der Waals surface area contributed by atoms with Crippen molar-refractivity contribution in [3.63, 3.8) is 0 Å². The Morgan fingerprint density at radius 3 is 2.74 bits per heavy atom. The van der Waals surface area contributed by atoms with Crippen molar-refractivity contribution in [3.8, 4) is 5.75 Å². The zero-order chi connectivity index (χ0) is 14.1. The van der Waals surface area contributed by atoms with Crippen LogP contribution in [0.3, 0.4) is 0 Å². The molecule has 19 heavy (non-hydrogen) atoms. The number of ether oxygens (including phenoxy) is 1. The molecule has 0 bridgehead atoms. The fourth-order valence-corrected chi connectivity index (χ4v) is 2.31. The third-order valence-electron chi connectivity index (χ3n) is 2.73. The second kappa shape index (κ2) is 8.17. The summed E-state index contributed by atoms with van der Waals surface area (Å²) in [6, 6.07) is 7.86. The lowest BCUT2D eigenvalue weighted by Crippen LogP contribution is -2.23. The average Bonchev–Trinajstić information content (AvgIpc) is 2.42. The number of sulfone groups is 1. The van der Waals surface area contributed by atoms with Gasteiger partial charge in [0.15, 0.2) is 9.84 Å². The molecular formula is C14H23NO3S. The molecule has 0 fully saturated rings. The van der Waals surface area contributed by atoms with Crippen LogP contribution in [0.4, 0.5) is 0 Å². The molecule has 0 unspecified atom stereocenters. The van der Waals surface area contributed by atoms with Crippen LogP contribution in [0.15, 0.2) is 24.3 Å². The van der Waals surface area contributed by atoms with Gasteiger partial charge in [0, 0.05) is 18.8 Å². The van der Waals surface area contributed by atoms with Crippen LogP contribution in [-0.4, -0.2) is 33.1 Å². The van der Waals surface area contributed by atoms with Gasteiger partial charge < -0.3 is 10.1 Å². The Bertz CT molecular complexity index is 471. The van der Waals surface area contributed by atoms with Crippen LogP contribution in [0.1, 0.15) is 25.8 Å². The molecule has 0 atom stereocenters. The summed E-state index contributed by atoms with van der Waals surface area (Å²) in [4.78, 5) is 0. The highest BCUT2D eigenvalue weighted by molar-refractivity contribution is 7.91. The maximum Gasteiger partial charge on any atom is 0.151 e. The smallest absolute Gasteiger partial charge is 0.151 e. The fraction of sp³-hybridized carbons (Fsp3) is 0.571. The molecular weight excluding hydrogens is 262 g/mol. The van der Waals surface area contributed by atoms with Crippen LogP contribution in [-0.2, 0) is 16.4 Å². The van der Waals surface area contributed by atoms with Gasteiger partial charge >= 0.3 is 0 Å². The molecule has 0 amide bonds. The predicted molar refractivity (Wildman–Crippen MR) is 78.3 cm³/mol. The molecule has 0 saturated heterocycles. The molecule has 0 aliphatic rings. The summed E-state index contributed by atoms with van der Waals surface area (Å²) in [6.07, 6.45) is 0.983. The summed E-state index contributed by atoms with van der Waals surface area (Å²) in [7, 11) is -2.88. The van der Waals surface area contributed by atoms with Crippen molar-refractivity contribution in [1.29, 1.82) is 0 Å². The van der Waals surface area contributed by atoms with E-state index in [4.69, 9.17) is 4.74 Å². The molecule has 0 aliphatic heterocycles. The zero-order valence-corrected chi connectivity index (χ0v) is 12.5. The second-order valence-corrected chi connectivity index (χ2v) is 6.88. The quantitative estimate of drug-likeness (QED) is 0.705. The van der Waals surface area contributed by atoms with Gasteiger partial charge in [-0.1, -0.05) is 26.0 Å². The Kier molecular flexibility index (Phi) is 6.87. The minimum Gasteiger partial charge on any atom is -0.494 e. The number of rotatable bonds is 9. The van der Waals surface area contributed by atoms with E-state index in [0.29, 0.717) is 19.7 Å². The summed E-state index contributed by atoms with van der Waals surface area (Å²) >= 11 is 0. The first-order valence-corrected chi connectivity index (χ1v) is 8.52. The normalized spacial score (nSPS) is 11.5. The third-order valence-corrected chi connectivity index (χ3v) is 4.44. The lowest BCUT2D eigenvalue weighted by Gasteiger charge is -2.08. The van der Waals surface area contributed by atoms with E-state index in [9.17, 15) is 8.42 Å². The summed E-state index contributed by atoms with van der Waals surface area (Å²) in [5.74, 6) is 1.26. The first-order valence-electron chi connectivity index (χ1n) is 6.70. The Morgan fingerprint density at radius 2 is 2.05 bits per heavy atom. The van der Waals surface area contributed by atoms with Gasteiger partial charge in [0.05, 0.1) is 12.4 Å². The van der Waals surface area contributed by atoms with Gasteiger partial charge in [0.2, 0.25) is 0 Å². The van der Waals surface area contributed by atoms with E-state index in [1.54, 1.807) is 6.92 Å². The number of hydrogen-bond donors (Lipinski definition) is 1. The molecule has 0 spiro atoms. The van der Waals surface area contributed by atoms with Gasteiger partial charge in [0.25, 0.3) is 0 Å². The highest BCUT2D eigenvalue weighted by Crippen LogP contribution is 2.13. The standard InChI is InChI=1S/C14H23NO3S/c1-3-9-18-14-7-5-6-13(11-14)12-15-8-10-19(16,17)4-2/h5-7,11,15H,3-4,8-10,12H2,1-2H3. The largest absolute Gasteiger partial charge is 0.494 e. The molecule has 0 heterocycles. The molecule has 1 aromatic carbocycles. The van der Waals surface area contributed by atoms with E-state index < -0.39 is 9.84 Å². The van der Waals surface area contributed by atoms with Crippen LogP contribution in [0.5, 0.6) is 5.75 Å². The van der Waals surface area contributed by atoms with Crippen LogP contribution in [0.25, 0.3) is 0 Å². The highest BCUT2D eigenvalue weighted by atomic mass is 32.2. The Labute approximate surface area is 116 Å². The summed E-state index contributed by atoms with van der Waals surface area (Å²) in [5.41, 5.74) is 1.10. The van der Waals surface area contributed by atoms with Crippen LogP contribution in [0.2, 0.25) is 0 Å². The Hall–Kier alpha value is -1.07. The van der Waals surface area contributed by atoms with E-state index >= 15 is 0 Å². The first kappa shape index (κ1) is 16.0. The summed E-state index contributed by atoms with van der Waals surface area (Å²) < 4.78 is 28.2. The van der Waals surface area contributed by atoms with Gasteiger partial charge in [-0.15, -0.1) is 0 Å². The maximum absolute atomic E-state index is 11.3. The van der Waals surface area contributed by atoms with Crippen LogP contribution >= 0.6 is 0 Å². The van der Waals surface area contributed by atoms with Crippen molar-refractivity contribution >= 4 is 9.84 Å². The topological polar surface area (TPSA) is 55.4 Å². The molecule has 1 aromatic rings. The monoisotopic (exact) mass is 285 g/mol. The van der Waals surface area contributed by atoms with Gasteiger partial charge in [-0.2, -0.15) is 0 Å². The van der Waals surface area contributed by atoms with Crippen molar-refractivity contribution in [2.24, 2.45) is 0 Å². The van der Waals surface area contributed by atoms with Crippen LogP contribution in [0, 0.1) is 0 Å². The molecule has 0 aliphatic carbocycles. The average molecular weight is 285 g/mol. The SMILES string of the molecule is CCCOc1cccc(CNCCS(=O)(=O)CC)c1. The van der Waals surface area contributed by atoms with Crippen molar-refractivity contribution in [1.82, 2.24) is 5.32 Å². The molecule has 0 aromatic heterocycles. The molecule has 0 saturated carbocycles. The molecule has 5 heteroatoms. The van der Waals surface area contributed by atoms with E-state index in [1.165, 1.54) is 0 Å². The number of benzene rings is 1. The van der Waals surface area contributed by atoms with Gasteiger partial charge in [-0.05, 0) is 24.1 Å². The zero-order valence-electron chi connectivity index (χ0n) is 11.7. The fourth-order valence-electron chi connectivity index (χ4n) is 1.57. The van der Waals surface area contributed by atoms with E-state index in [2.05, 4.69) is 12.2 Å². The molecule has 1 rings (SSSR count). The number of hydrogen-bond acceptors (Lipinski definition) is 4. The first-order chi connectivity index (χ1) is 9.07. The van der Waals surface area contributed by atoms with E-state index in [0.717, 1.165) is 17.7 Å². The van der Waals surface area contributed by atoms with Crippen molar-refractivity contribution in [2.75, 3.05) is 24.7 Å². The van der Waals surface area contributed by atoms with Crippen molar-refractivity contribution < 1.29 is 13.2 Å². The van der Waals surface area contributed by atoms with Gasteiger partial charge in [0.1, 0.15) is 5.75 Å². The Balaban J connectivity index is 2.37. The minimum atomic E-state index is -2.88. The Morgan fingerprint density at radius 1 is 1.26 bits per heavy atom. The summed E-state index contributed by atoms with van der Waals surface area (Å²) in [5, 5.41) is 3.14. The highest BCUT2D eigenvalue weighted by Gasteiger charge is 2.06. The maximum atomic E-state index is 11.3. The minimum absolute atomic E-state index is 0.190. The molecule has 4 nitrogen and oxygen atoms in total. The molecule has 108 valence electrons. The van der Waals surface area contributed by atoms with Crippen molar-refractivity contribution in [3.05, 3.63) is 29.8 Å². The van der Waals surface area contributed by atoms with Crippen molar-refractivity contribution in [2.45, 2.75) is 26.8 Å². The predicted octanol–water partition coefficient (Wildman–Crippen LogP) is 2.00. The van der Waals surface area contributed by atoms with E-state index in [-0.39, 0.29) is 11.5 Å². The van der Waals surface area contributed by atoms with Gasteiger partial charge in [-0.3, -0.25) is 0 Å². The molecule has 1 N–H and O–H groups in total. The number of nitrogens with one attached hydrogen (secondary N) is 1. The molecule has 0 radical (unpaired) electrons. The lowest BCUT2D eigenvalue weighted by atomic mass is 10.2. The van der Waals surface area contributed by atoms with E-state index in [1.807, 2.05) is 24.3 Å². The third kappa shape index (κ3) is 6.59. The lowest BCUT2D eigenvalue weighted by molar-refractivity contribution is 0.317. The van der Waals surface area contributed by atoms with Crippen LogP contribution < -0.4 is 10.1 Å². The van der Waals surface area contributed by atoms with Gasteiger partial charge in [-0.25, -0.2) is 8.42 Å². The second-order valence-electron chi connectivity index (χ2n) is 4.41.